The van der Waals surface area contributed by atoms with E-state index < -0.39 is 5.91 Å². The molecule has 0 aliphatic heterocycles. The van der Waals surface area contributed by atoms with Gasteiger partial charge in [-0.3, -0.25) is 10.1 Å². The van der Waals surface area contributed by atoms with Crippen LogP contribution >= 0.6 is 0 Å². The minimum atomic E-state index is -0.554. The number of nitrogens with one attached hydrogen (secondary N) is 1. The van der Waals surface area contributed by atoms with Crippen molar-refractivity contribution in [2.75, 3.05) is 26.6 Å². The molecule has 0 aliphatic rings. The fourth-order valence-electron chi connectivity index (χ4n) is 1.72. The van der Waals surface area contributed by atoms with E-state index >= 15 is 0 Å². The number of anilines is 1. The zero-order valence-corrected chi connectivity index (χ0v) is 12.6. The molecule has 116 valence electrons. The van der Waals surface area contributed by atoms with Gasteiger partial charge in [-0.05, 0) is 6.92 Å². The Morgan fingerprint density at radius 3 is 2.23 bits per heavy atom. The van der Waals surface area contributed by atoms with Crippen LogP contribution < -0.4 is 19.5 Å². The summed E-state index contributed by atoms with van der Waals surface area (Å²) in [4.78, 5) is 28.3. The van der Waals surface area contributed by atoms with E-state index in [4.69, 9.17) is 14.2 Å². The van der Waals surface area contributed by atoms with E-state index in [2.05, 4.69) is 25.3 Å². The van der Waals surface area contributed by atoms with E-state index in [1.165, 1.54) is 27.7 Å². The highest BCUT2D eigenvalue weighted by Crippen LogP contribution is 2.24. The van der Waals surface area contributed by atoms with Crippen LogP contribution in [-0.2, 0) is 0 Å². The maximum absolute atomic E-state index is 12.4. The maximum Gasteiger partial charge on any atom is 0.269 e. The second-order valence-electron chi connectivity index (χ2n) is 4.10. The molecule has 0 fully saturated rings. The van der Waals surface area contributed by atoms with Gasteiger partial charge in [0.25, 0.3) is 5.91 Å². The number of methoxy groups -OCH3 is 3. The second-order valence-corrected chi connectivity index (χ2v) is 4.10. The van der Waals surface area contributed by atoms with Gasteiger partial charge in [-0.2, -0.15) is 4.98 Å². The van der Waals surface area contributed by atoms with Gasteiger partial charge in [0, 0.05) is 11.8 Å². The van der Waals surface area contributed by atoms with E-state index in [0.29, 0.717) is 11.6 Å². The van der Waals surface area contributed by atoms with Crippen LogP contribution in [0.1, 0.15) is 16.1 Å². The summed E-state index contributed by atoms with van der Waals surface area (Å²) in [5.74, 6) is 0.0516. The van der Waals surface area contributed by atoms with Crippen LogP contribution in [0.15, 0.2) is 12.4 Å². The van der Waals surface area contributed by atoms with Crippen molar-refractivity contribution < 1.29 is 19.0 Å². The Balaban J connectivity index is 2.35. The molecule has 2 heterocycles. The van der Waals surface area contributed by atoms with Gasteiger partial charge >= 0.3 is 0 Å². The number of aryl methyl sites for hydroxylation is 1. The molecule has 0 saturated heterocycles. The third kappa shape index (κ3) is 3.19. The zero-order chi connectivity index (χ0) is 16.1. The van der Waals surface area contributed by atoms with Crippen molar-refractivity contribution in [2.45, 2.75) is 6.92 Å². The van der Waals surface area contributed by atoms with Gasteiger partial charge in [-0.15, -0.1) is 0 Å². The lowest BCUT2D eigenvalue weighted by Gasteiger charge is -2.11. The molecule has 0 aromatic carbocycles. The first-order valence-corrected chi connectivity index (χ1v) is 6.23. The van der Waals surface area contributed by atoms with Gasteiger partial charge in [0.1, 0.15) is 6.33 Å². The van der Waals surface area contributed by atoms with E-state index in [1.807, 2.05) is 0 Å². The average molecular weight is 305 g/mol. The Kier molecular flexibility index (Phi) is 4.66. The summed E-state index contributed by atoms with van der Waals surface area (Å²) >= 11 is 0. The Morgan fingerprint density at radius 1 is 1.05 bits per heavy atom. The van der Waals surface area contributed by atoms with Crippen molar-refractivity contribution >= 4 is 11.9 Å². The largest absolute Gasteiger partial charge is 0.481 e. The topological polar surface area (TPSA) is 108 Å². The van der Waals surface area contributed by atoms with Crippen LogP contribution in [-0.4, -0.2) is 47.2 Å². The number of aromatic nitrogens is 4. The van der Waals surface area contributed by atoms with Crippen LogP contribution in [0.2, 0.25) is 0 Å². The summed E-state index contributed by atoms with van der Waals surface area (Å²) in [6.07, 6.45) is 1.24. The molecule has 0 atom stereocenters. The van der Waals surface area contributed by atoms with Gasteiger partial charge in [-0.1, -0.05) is 0 Å². The van der Waals surface area contributed by atoms with Gasteiger partial charge in [0.15, 0.2) is 5.56 Å². The quantitative estimate of drug-likeness (QED) is 0.866. The lowest BCUT2D eigenvalue weighted by molar-refractivity contribution is 0.101. The van der Waals surface area contributed by atoms with Crippen molar-refractivity contribution in [1.82, 2.24) is 19.9 Å². The van der Waals surface area contributed by atoms with Gasteiger partial charge < -0.3 is 14.2 Å². The molecule has 0 radical (unpaired) electrons. The SMILES string of the molecule is COc1cc(C)nc(NC(=O)c2c(OC)ncnc2OC)n1. The molecular formula is C13H15N5O4. The molecule has 1 N–H and O–H groups in total. The minimum absolute atomic E-state index is 0.0524. The first kappa shape index (κ1) is 15.4. The molecule has 2 aromatic rings. The van der Waals surface area contributed by atoms with Gasteiger partial charge in [-0.25, -0.2) is 15.0 Å². The van der Waals surface area contributed by atoms with Gasteiger partial charge in [0.05, 0.1) is 21.3 Å². The molecule has 2 rings (SSSR count). The summed E-state index contributed by atoms with van der Waals surface area (Å²) in [6.45, 7) is 1.76. The molecule has 0 saturated carbocycles. The lowest BCUT2D eigenvalue weighted by atomic mass is 10.3. The average Bonchev–Trinajstić information content (AvgIpc) is 2.53. The fourth-order valence-corrected chi connectivity index (χ4v) is 1.72. The maximum atomic E-state index is 12.4. The smallest absolute Gasteiger partial charge is 0.269 e. The van der Waals surface area contributed by atoms with E-state index in [-0.39, 0.29) is 23.3 Å². The van der Waals surface area contributed by atoms with Crippen LogP contribution in [0.3, 0.4) is 0 Å². The Morgan fingerprint density at radius 2 is 1.68 bits per heavy atom. The first-order valence-electron chi connectivity index (χ1n) is 6.23. The molecule has 2 aromatic heterocycles. The number of hydrogen-bond donors (Lipinski definition) is 1. The highest BCUT2D eigenvalue weighted by atomic mass is 16.5. The number of rotatable bonds is 5. The number of ether oxygens (including phenoxy) is 3. The van der Waals surface area contributed by atoms with Crippen molar-refractivity contribution in [3.63, 3.8) is 0 Å². The lowest BCUT2D eigenvalue weighted by Crippen LogP contribution is -2.18. The van der Waals surface area contributed by atoms with Crippen LogP contribution in [0.5, 0.6) is 17.6 Å². The minimum Gasteiger partial charge on any atom is -0.481 e. The third-order valence-electron chi connectivity index (χ3n) is 2.66. The molecular weight excluding hydrogens is 290 g/mol. The van der Waals surface area contributed by atoms with E-state index in [0.717, 1.165) is 0 Å². The van der Waals surface area contributed by atoms with Gasteiger partial charge in [0.2, 0.25) is 23.6 Å². The summed E-state index contributed by atoms with van der Waals surface area (Å²) in [5.41, 5.74) is 0.696. The highest BCUT2D eigenvalue weighted by molar-refractivity contribution is 6.06. The second kappa shape index (κ2) is 6.66. The molecule has 0 unspecified atom stereocenters. The van der Waals surface area contributed by atoms with Crippen molar-refractivity contribution in [3.8, 4) is 17.6 Å². The van der Waals surface area contributed by atoms with Crippen LogP contribution in [0.25, 0.3) is 0 Å². The highest BCUT2D eigenvalue weighted by Gasteiger charge is 2.22. The van der Waals surface area contributed by atoms with E-state index in [1.54, 1.807) is 13.0 Å². The first-order chi connectivity index (χ1) is 10.6. The predicted octanol–water partition coefficient (Wildman–Crippen LogP) is 0.853. The predicted molar refractivity (Wildman–Crippen MR) is 76.4 cm³/mol. The number of amides is 1. The number of hydrogen-bond acceptors (Lipinski definition) is 8. The molecule has 0 spiro atoms. The van der Waals surface area contributed by atoms with Crippen molar-refractivity contribution in [2.24, 2.45) is 0 Å². The van der Waals surface area contributed by atoms with Crippen molar-refractivity contribution in [3.05, 3.63) is 23.7 Å². The molecule has 9 nitrogen and oxygen atoms in total. The van der Waals surface area contributed by atoms with Crippen LogP contribution in [0.4, 0.5) is 5.95 Å². The normalized spacial score (nSPS) is 10.0. The molecule has 1 amide bonds. The number of nitrogens with zero attached hydrogens (tertiary/aromatic N) is 4. The van der Waals surface area contributed by atoms with Crippen molar-refractivity contribution in [1.29, 1.82) is 0 Å². The summed E-state index contributed by atoms with van der Waals surface area (Å²) in [5, 5.41) is 2.54. The Labute approximate surface area is 126 Å². The molecule has 0 aliphatic carbocycles. The standard InChI is InChI=1S/C13H15N5O4/c1-7-5-8(20-2)17-13(16-7)18-10(19)9-11(21-3)14-6-15-12(9)22-4/h5-6H,1-4H3,(H,16,17,18,19). The molecule has 9 heteroatoms. The summed E-state index contributed by atoms with van der Waals surface area (Å²) < 4.78 is 15.2. The fraction of sp³-hybridized carbons (Fsp3) is 0.308. The van der Waals surface area contributed by atoms with E-state index in [9.17, 15) is 4.79 Å². The Bertz CT molecular complexity index is 670. The monoisotopic (exact) mass is 305 g/mol. The number of carbonyl (C=O) groups is 1. The molecule has 0 bridgehead atoms. The Hall–Kier alpha value is -2.97. The zero-order valence-electron chi connectivity index (χ0n) is 12.6. The third-order valence-corrected chi connectivity index (χ3v) is 2.66. The number of carbonyl (C=O) groups excluding carboxylic acids is 1. The summed E-state index contributed by atoms with van der Waals surface area (Å²) in [6, 6.07) is 1.64. The molecule has 22 heavy (non-hydrogen) atoms. The summed E-state index contributed by atoms with van der Waals surface area (Å²) in [7, 11) is 4.26. The van der Waals surface area contributed by atoms with Crippen LogP contribution in [0, 0.1) is 6.92 Å².